The number of carbonyl (C=O) groups excluding carboxylic acids is 1. The Bertz CT molecular complexity index is 454. The fourth-order valence-electron chi connectivity index (χ4n) is 3.29. The number of hydrogen-bond acceptors (Lipinski definition) is 5. The monoisotopic (exact) mass is 248 g/mol. The third-order valence-electron chi connectivity index (χ3n) is 4.06. The van der Waals surface area contributed by atoms with Crippen molar-refractivity contribution >= 4 is 5.97 Å². The van der Waals surface area contributed by atoms with E-state index >= 15 is 0 Å². The minimum Gasteiger partial charge on any atom is -0.466 e. The van der Waals surface area contributed by atoms with Gasteiger partial charge in [-0.3, -0.25) is 4.79 Å². The Balaban J connectivity index is 1.92. The number of carbonyl (C=O) groups is 1. The van der Waals surface area contributed by atoms with Crippen LogP contribution in [0, 0.1) is 17.2 Å². The molecule has 0 aromatic carbocycles. The molecule has 2 fully saturated rings. The molecule has 0 aromatic rings. The first-order valence-corrected chi connectivity index (χ1v) is 6.43. The van der Waals surface area contributed by atoms with Crippen molar-refractivity contribution < 1.29 is 14.3 Å². The molecule has 0 N–H and O–H groups in total. The van der Waals surface area contributed by atoms with Crippen LogP contribution in [0.25, 0.3) is 0 Å². The average Bonchev–Trinajstić information content (AvgIpc) is 2.92. The molecule has 0 saturated carbocycles. The average molecular weight is 248 g/mol. The van der Waals surface area contributed by atoms with E-state index in [0.29, 0.717) is 18.6 Å². The standard InChI is InChI=1S/C13H16N2O3/c1-2-17-12(16)10-6-13-4-3-5-15(13)8-9(7-14)11(10)18-13/h8,10-11H,2-6H2,1H3/t10-,11-,13-/m0/s1. The van der Waals surface area contributed by atoms with Gasteiger partial charge in [0, 0.05) is 19.2 Å². The molecule has 0 unspecified atom stereocenters. The van der Waals surface area contributed by atoms with Crippen molar-refractivity contribution in [3.63, 3.8) is 0 Å². The summed E-state index contributed by atoms with van der Waals surface area (Å²) in [6.07, 6.45) is 4.06. The van der Waals surface area contributed by atoms with Gasteiger partial charge in [-0.05, 0) is 19.8 Å². The summed E-state index contributed by atoms with van der Waals surface area (Å²) in [6, 6.07) is 2.15. The molecule has 0 amide bonds. The summed E-state index contributed by atoms with van der Waals surface area (Å²) in [4.78, 5) is 14.1. The van der Waals surface area contributed by atoms with E-state index < -0.39 is 6.10 Å². The minimum absolute atomic E-state index is 0.241. The predicted octanol–water partition coefficient (Wildman–Crippen LogP) is 1.17. The van der Waals surface area contributed by atoms with Crippen molar-refractivity contribution in [1.29, 1.82) is 5.26 Å². The first-order valence-electron chi connectivity index (χ1n) is 6.43. The fourth-order valence-corrected chi connectivity index (χ4v) is 3.29. The van der Waals surface area contributed by atoms with E-state index in [4.69, 9.17) is 9.47 Å². The van der Waals surface area contributed by atoms with Crippen molar-refractivity contribution in [1.82, 2.24) is 4.90 Å². The Morgan fingerprint density at radius 2 is 2.61 bits per heavy atom. The lowest BCUT2D eigenvalue weighted by Crippen LogP contribution is -2.43. The maximum atomic E-state index is 12.0. The number of nitriles is 1. The van der Waals surface area contributed by atoms with E-state index in [1.165, 1.54) is 0 Å². The van der Waals surface area contributed by atoms with Crippen LogP contribution in [0.3, 0.4) is 0 Å². The second-order valence-corrected chi connectivity index (χ2v) is 5.04. The molecule has 3 aliphatic heterocycles. The van der Waals surface area contributed by atoms with E-state index in [9.17, 15) is 10.1 Å². The number of fused-ring (bicyclic) bond motifs is 1. The third-order valence-corrected chi connectivity index (χ3v) is 4.06. The first kappa shape index (κ1) is 11.5. The van der Waals surface area contributed by atoms with Crippen LogP contribution in [0.1, 0.15) is 26.2 Å². The van der Waals surface area contributed by atoms with Gasteiger partial charge in [0.25, 0.3) is 0 Å². The SMILES string of the molecule is CCOC(=O)[C@H]1C[C@@]23CCCN2C=C(C#N)[C@@H]1O3. The zero-order valence-corrected chi connectivity index (χ0v) is 10.4. The third kappa shape index (κ3) is 1.45. The maximum absolute atomic E-state index is 12.0. The van der Waals surface area contributed by atoms with Crippen molar-refractivity contribution in [3.05, 3.63) is 11.8 Å². The summed E-state index contributed by atoms with van der Waals surface area (Å²) in [5.74, 6) is -0.576. The van der Waals surface area contributed by atoms with Gasteiger partial charge in [0.1, 0.15) is 11.8 Å². The van der Waals surface area contributed by atoms with Crippen molar-refractivity contribution in [2.75, 3.05) is 13.2 Å². The number of esters is 1. The number of nitrogens with zero attached hydrogens (tertiary/aromatic N) is 2. The fraction of sp³-hybridized carbons (Fsp3) is 0.692. The Kier molecular flexibility index (Phi) is 2.56. The van der Waals surface area contributed by atoms with Crippen molar-refractivity contribution in [2.24, 2.45) is 5.92 Å². The van der Waals surface area contributed by atoms with Gasteiger partial charge in [-0.15, -0.1) is 0 Å². The smallest absolute Gasteiger partial charge is 0.312 e. The summed E-state index contributed by atoms with van der Waals surface area (Å²) < 4.78 is 11.1. The van der Waals surface area contributed by atoms with E-state index in [-0.39, 0.29) is 17.6 Å². The predicted molar refractivity (Wildman–Crippen MR) is 62.0 cm³/mol. The zero-order chi connectivity index (χ0) is 12.8. The molecule has 0 aromatic heterocycles. The molecular formula is C13H16N2O3. The van der Waals surface area contributed by atoms with E-state index in [2.05, 4.69) is 11.0 Å². The van der Waals surface area contributed by atoms with Gasteiger partial charge in [0.2, 0.25) is 0 Å². The van der Waals surface area contributed by atoms with E-state index in [1.807, 2.05) is 6.20 Å². The molecule has 3 atom stereocenters. The van der Waals surface area contributed by atoms with Gasteiger partial charge in [0.05, 0.1) is 24.2 Å². The van der Waals surface area contributed by atoms with Crippen LogP contribution in [0.2, 0.25) is 0 Å². The van der Waals surface area contributed by atoms with Crippen LogP contribution >= 0.6 is 0 Å². The Labute approximate surface area is 106 Å². The number of rotatable bonds is 2. The molecule has 3 rings (SSSR count). The molecule has 0 radical (unpaired) electrons. The summed E-state index contributed by atoms with van der Waals surface area (Å²) in [5.41, 5.74) is 0.186. The van der Waals surface area contributed by atoms with E-state index in [1.54, 1.807) is 6.92 Å². The van der Waals surface area contributed by atoms with Crippen molar-refractivity contribution in [3.8, 4) is 6.07 Å². The quantitative estimate of drug-likeness (QED) is 0.686. The van der Waals surface area contributed by atoms with Gasteiger partial charge in [-0.25, -0.2) is 0 Å². The lowest BCUT2D eigenvalue weighted by molar-refractivity contribution is -0.149. The molecule has 5 heteroatoms. The zero-order valence-electron chi connectivity index (χ0n) is 10.4. The van der Waals surface area contributed by atoms with Gasteiger partial charge in [-0.1, -0.05) is 0 Å². The van der Waals surface area contributed by atoms with Gasteiger partial charge >= 0.3 is 5.97 Å². The number of ether oxygens (including phenoxy) is 2. The second-order valence-electron chi connectivity index (χ2n) is 5.04. The van der Waals surface area contributed by atoms with Crippen LogP contribution in [-0.4, -0.2) is 35.8 Å². The lowest BCUT2D eigenvalue weighted by atomic mass is 9.94. The Morgan fingerprint density at radius 1 is 1.78 bits per heavy atom. The Hall–Kier alpha value is -1.54. The van der Waals surface area contributed by atoms with Gasteiger partial charge in [-0.2, -0.15) is 5.26 Å². The van der Waals surface area contributed by atoms with Gasteiger partial charge < -0.3 is 14.4 Å². The largest absolute Gasteiger partial charge is 0.466 e. The minimum atomic E-state index is -0.414. The summed E-state index contributed by atoms with van der Waals surface area (Å²) in [5, 5.41) is 9.18. The highest BCUT2D eigenvalue weighted by Crippen LogP contribution is 2.49. The van der Waals surface area contributed by atoms with E-state index in [0.717, 1.165) is 19.4 Å². The van der Waals surface area contributed by atoms with Crippen LogP contribution in [-0.2, 0) is 14.3 Å². The molecule has 5 nitrogen and oxygen atoms in total. The second kappa shape index (κ2) is 3.99. The van der Waals surface area contributed by atoms with Crippen LogP contribution in [0.5, 0.6) is 0 Å². The molecule has 2 bridgehead atoms. The normalized spacial score (nSPS) is 36.9. The van der Waals surface area contributed by atoms with Crippen LogP contribution in [0.15, 0.2) is 11.8 Å². The van der Waals surface area contributed by atoms with Gasteiger partial charge in [0.15, 0.2) is 0 Å². The van der Waals surface area contributed by atoms with Crippen LogP contribution in [0.4, 0.5) is 0 Å². The highest BCUT2D eigenvalue weighted by atomic mass is 16.6. The molecule has 0 aliphatic carbocycles. The topological polar surface area (TPSA) is 62.6 Å². The molecule has 18 heavy (non-hydrogen) atoms. The Morgan fingerprint density at radius 3 is 3.33 bits per heavy atom. The summed E-state index contributed by atoms with van der Waals surface area (Å²) in [7, 11) is 0. The first-order chi connectivity index (χ1) is 8.70. The molecule has 3 heterocycles. The molecule has 96 valence electrons. The molecule has 3 aliphatic rings. The maximum Gasteiger partial charge on any atom is 0.312 e. The number of hydrogen-bond donors (Lipinski definition) is 0. The molecule has 2 saturated heterocycles. The highest BCUT2D eigenvalue weighted by Gasteiger charge is 2.58. The van der Waals surface area contributed by atoms with Crippen molar-refractivity contribution in [2.45, 2.75) is 38.0 Å². The summed E-state index contributed by atoms with van der Waals surface area (Å²) >= 11 is 0. The lowest BCUT2D eigenvalue weighted by Gasteiger charge is -2.37. The molecular weight excluding hydrogens is 232 g/mol. The van der Waals surface area contributed by atoms with Crippen LogP contribution < -0.4 is 0 Å². The highest BCUT2D eigenvalue weighted by molar-refractivity contribution is 5.75. The summed E-state index contributed by atoms with van der Waals surface area (Å²) in [6.45, 7) is 3.05. The molecule has 1 spiro atoms.